The molecular weight excluding hydrogens is 291 g/mol. The summed E-state index contributed by atoms with van der Waals surface area (Å²) in [6.45, 7) is 5.46. The summed E-state index contributed by atoms with van der Waals surface area (Å²) in [6.07, 6.45) is -5.30. The van der Waals surface area contributed by atoms with Crippen LogP contribution in [0.1, 0.15) is 33.5 Å². The van der Waals surface area contributed by atoms with Gasteiger partial charge >= 0.3 is 6.18 Å². The summed E-state index contributed by atoms with van der Waals surface area (Å²) < 4.78 is 36.5. The van der Waals surface area contributed by atoms with Crippen LogP contribution >= 0.6 is 0 Å². The molecule has 0 fully saturated rings. The molecule has 0 atom stereocenters. The van der Waals surface area contributed by atoms with Crippen LogP contribution < -0.4 is 5.32 Å². The van der Waals surface area contributed by atoms with Crippen molar-refractivity contribution in [3.05, 3.63) is 46.5 Å². The first-order chi connectivity index (χ1) is 10.2. The quantitative estimate of drug-likeness (QED) is 0.892. The van der Waals surface area contributed by atoms with Crippen molar-refractivity contribution in [1.29, 1.82) is 0 Å². The zero-order chi connectivity index (χ0) is 16.5. The van der Waals surface area contributed by atoms with Crippen molar-refractivity contribution >= 4 is 16.7 Å². The molecule has 0 aromatic heterocycles. The van der Waals surface area contributed by atoms with Crippen molar-refractivity contribution in [2.75, 3.05) is 6.54 Å². The third-order valence-electron chi connectivity index (χ3n) is 3.83. The molecule has 5 heteroatoms. The van der Waals surface area contributed by atoms with E-state index in [-0.39, 0.29) is 0 Å². The second kappa shape index (κ2) is 5.99. The standard InChI is InChI=1S/C17H18F3NO/c1-10-9-11(2)15-13(12(10)3)5-4-6-14(15)16(22)21-8-7-17(18,19)20/h4-6,9H,7-8H2,1-3H3,(H,21,22). The minimum absolute atomic E-state index is 0.414. The van der Waals surface area contributed by atoms with E-state index in [1.54, 1.807) is 12.1 Å². The molecule has 0 spiro atoms. The Hall–Kier alpha value is -2.04. The molecule has 1 amide bonds. The first kappa shape index (κ1) is 16.3. The van der Waals surface area contributed by atoms with Gasteiger partial charge in [0.1, 0.15) is 0 Å². The molecule has 0 aliphatic carbocycles. The maximum Gasteiger partial charge on any atom is 0.390 e. The first-order valence-corrected chi connectivity index (χ1v) is 7.05. The summed E-state index contributed by atoms with van der Waals surface area (Å²) >= 11 is 0. The second-order valence-electron chi connectivity index (χ2n) is 5.48. The number of carbonyl (C=O) groups is 1. The normalized spacial score (nSPS) is 11.7. The maximum absolute atomic E-state index is 12.2. The molecule has 0 heterocycles. The van der Waals surface area contributed by atoms with Gasteiger partial charge in [0.2, 0.25) is 0 Å². The molecular formula is C17H18F3NO. The van der Waals surface area contributed by atoms with Gasteiger partial charge in [0.25, 0.3) is 5.91 Å². The molecule has 22 heavy (non-hydrogen) atoms. The summed E-state index contributed by atoms with van der Waals surface area (Å²) in [5, 5.41) is 4.11. The van der Waals surface area contributed by atoms with Gasteiger partial charge in [-0.3, -0.25) is 4.79 Å². The lowest BCUT2D eigenvalue weighted by molar-refractivity contribution is -0.132. The van der Waals surface area contributed by atoms with E-state index in [1.807, 2.05) is 32.9 Å². The Labute approximate surface area is 127 Å². The van der Waals surface area contributed by atoms with Crippen LogP contribution in [0.3, 0.4) is 0 Å². The van der Waals surface area contributed by atoms with Crippen LogP contribution in [0.4, 0.5) is 13.2 Å². The molecule has 0 bridgehead atoms. The Balaban J connectivity index is 2.36. The van der Waals surface area contributed by atoms with Gasteiger partial charge < -0.3 is 5.32 Å². The number of amides is 1. The largest absolute Gasteiger partial charge is 0.390 e. The number of rotatable bonds is 3. The highest BCUT2D eigenvalue weighted by molar-refractivity contribution is 6.09. The molecule has 1 N–H and O–H groups in total. The molecule has 2 aromatic rings. The predicted octanol–water partition coefficient (Wildman–Crippen LogP) is 4.45. The Morgan fingerprint density at radius 3 is 2.45 bits per heavy atom. The van der Waals surface area contributed by atoms with Gasteiger partial charge in [0.15, 0.2) is 0 Å². The SMILES string of the molecule is Cc1cc(C)c2c(C(=O)NCCC(F)(F)F)cccc2c1C. The highest BCUT2D eigenvalue weighted by Crippen LogP contribution is 2.28. The van der Waals surface area contributed by atoms with Gasteiger partial charge in [-0.2, -0.15) is 13.2 Å². The van der Waals surface area contributed by atoms with Gasteiger partial charge in [0, 0.05) is 12.1 Å². The number of hydrogen-bond donors (Lipinski definition) is 1. The van der Waals surface area contributed by atoms with E-state index in [0.717, 1.165) is 27.5 Å². The van der Waals surface area contributed by atoms with Crippen LogP contribution in [-0.4, -0.2) is 18.6 Å². The van der Waals surface area contributed by atoms with Crippen molar-refractivity contribution in [1.82, 2.24) is 5.32 Å². The van der Waals surface area contributed by atoms with Crippen LogP contribution in [-0.2, 0) is 0 Å². The zero-order valence-corrected chi connectivity index (χ0v) is 12.8. The molecule has 0 radical (unpaired) electrons. The fourth-order valence-electron chi connectivity index (χ4n) is 2.61. The molecule has 2 aromatic carbocycles. The molecule has 0 saturated carbocycles. The van der Waals surface area contributed by atoms with E-state index in [4.69, 9.17) is 0 Å². The number of carbonyl (C=O) groups excluding carboxylic acids is 1. The van der Waals surface area contributed by atoms with Crippen LogP contribution in [0.2, 0.25) is 0 Å². The Bertz CT molecular complexity index is 720. The monoisotopic (exact) mass is 309 g/mol. The van der Waals surface area contributed by atoms with Crippen molar-refractivity contribution < 1.29 is 18.0 Å². The minimum atomic E-state index is -4.27. The Morgan fingerprint density at radius 2 is 1.82 bits per heavy atom. The Kier molecular flexibility index (Phi) is 4.44. The molecule has 0 aliphatic heterocycles. The van der Waals surface area contributed by atoms with Crippen LogP contribution in [0, 0.1) is 20.8 Å². The highest BCUT2D eigenvalue weighted by atomic mass is 19.4. The first-order valence-electron chi connectivity index (χ1n) is 7.05. The van der Waals surface area contributed by atoms with E-state index < -0.39 is 25.0 Å². The number of hydrogen-bond acceptors (Lipinski definition) is 1. The van der Waals surface area contributed by atoms with E-state index in [2.05, 4.69) is 5.32 Å². The van der Waals surface area contributed by atoms with Crippen LogP contribution in [0.15, 0.2) is 24.3 Å². The van der Waals surface area contributed by atoms with Gasteiger partial charge in [-0.15, -0.1) is 0 Å². The van der Waals surface area contributed by atoms with Crippen molar-refractivity contribution in [2.45, 2.75) is 33.4 Å². The summed E-state index contributed by atoms with van der Waals surface area (Å²) in [4.78, 5) is 12.2. The number of benzene rings is 2. The summed E-state index contributed by atoms with van der Waals surface area (Å²) in [6, 6.07) is 7.32. The molecule has 0 unspecified atom stereocenters. The maximum atomic E-state index is 12.2. The lowest BCUT2D eigenvalue weighted by Gasteiger charge is -2.14. The molecule has 2 nitrogen and oxygen atoms in total. The minimum Gasteiger partial charge on any atom is -0.352 e. The summed E-state index contributed by atoms with van der Waals surface area (Å²) in [5.74, 6) is -0.471. The van der Waals surface area contributed by atoms with Gasteiger partial charge in [-0.05, 0) is 54.3 Å². The molecule has 0 aliphatic rings. The lowest BCUT2D eigenvalue weighted by Crippen LogP contribution is -2.28. The fourth-order valence-corrected chi connectivity index (χ4v) is 2.61. The zero-order valence-electron chi connectivity index (χ0n) is 12.8. The predicted molar refractivity (Wildman–Crippen MR) is 81.2 cm³/mol. The van der Waals surface area contributed by atoms with Gasteiger partial charge in [0.05, 0.1) is 6.42 Å². The molecule has 0 saturated heterocycles. The lowest BCUT2D eigenvalue weighted by atomic mass is 9.93. The third-order valence-corrected chi connectivity index (χ3v) is 3.83. The van der Waals surface area contributed by atoms with Crippen LogP contribution in [0.5, 0.6) is 0 Å². The van der Waals surface area contributed by atoms with Gasteiger partial charge in [-0.25, -0.2) is 0 Å². The number of alkyl halides is 3. The van der Waals surface area contributed by atoms with Crippen molar-refractivity contribution in [3.63, 3.8) is 0 Å². The van der Waals surface area contributed by atoms with Crippen molar-refractivity contribution in [2.24, 2.45) is 0 Å². The summed E-state index contributed by atoms with van der Waals surface area (Å²) in [5.41, 5.74) is 3.56. The van der Waals surface area contributed by atoms with E-state index in [0.29, 0.717) is 5.56 Å². The van der Waals surface area contributed by atoms with E-state index in [9.17, 15) is 18.0 Å². The van der Waals surface area contributed by atoms with Crippen LogP contribution in [0.25, 0.3) is 10.8 Å². The fraction of sp³-hybridized carbons (Fsp3) is 0.353. The number of aryl methyl sites for hydroxylation is 3. The average molecular weight is 309 g/mol. The number of fused-ring (bicyclic) bond motifs is 1. The topological polar surface area (TPSA) is 29.1 Å². The smallest absolute Gasteiger partial charge is 0.352 e. The third kappa shape index (κ3) is 3.40. The van der Waals surface area contributed by atoms with E-state index >= 15 is 0 Å². The van der Waals surface area contributed by atoms with E-state index in [1.165, 1.54) is 0 Å². The second-order valence-corrected chi connectivity index (χ2v) is 5.48. The summed E-state index contributed by atoms with van der Waals surface area (Å²) in [7, 11) is 0. The molecule has 2 rings (SSSR count). The molecule has 118 valence electrons. The number of halogens is 3. The Morgan fingerprint density at radius 1 is 1.14 bits per heavy atom. The average Bonchev–Trinajstić information content (AvgIpc) is 2.42. The van der Waals surface area contributed by atoms with Crippen molar-refractivity contribution in [3.8, 4) is 0 Å². The highest BCUT2D eigenvalue weighted by Gasteiger charge is 2.26. The number of nitrogens with one attached hydrogen (secondary N) is 1. The van der Waals surface area contributed by atoms with Gasteiger partial charge in [-0.1, -0.05) is 18.2 Å².